The standard InChI is InChI=1S/C16H12N2O3/c1-20-16(19)11-6-8-13(9-7-11)21-15-14-5-3-2-4-12(14)10-17-18-15/h2-10H,1H3. The first-order valence-corrected chi connectivity index (χ1v) is 6.34. The van der Waals surface area contributed by atoms with E-state index in [9.17, 15) is 4.79 Å². The van der Waals surface area contributed by atoms with Crippen molar-refractivity contribution in [1.29, 1.82) is 0 Å². The van der Waals surface area contributed by atoms with Crippen LogP contribution in [-0.2, 0) is 4.74 Å². The molecule has 1 aromatic heterocycles. The molecule has 0 saturated heterocycles. The van der Waals surface area contributed by atoms with Crippen LogP contribution in [-0.4, -0.2) is 23.3 Å². The third-order valence-corrected chi connectivity index (χ3v) is 3.03. The number of rotatable bonds is 3. The Kier molecular flexibility index (Phi) is 3.47. The number of hydrogen-bond acceptors (Lipinski definition) is 5. The van der Waals surface area contributed by atoms with Gasteiger partial charge in [-0.1, -0.05) is 18.2 Å². The molecule has 0 bridgehead atoms. The van der Waals surface area contributed by atoms with E-state index in [4.69, 9.17) is 4.74 Å². The first kappa shape index (κ1) is 13.1. The smallest absolute Gasteiger partial charge is 0.337 e. The molecule has 3 aromatic rings. The highest BCUT2D eigenvalue weighted by molar-refractivity contribution is 5.89. The molecule has 0 aliphatic heterocycles. The van der Waals surface area contributed by atoms with Crippen molar-refractivity contribution in [2.24, 2.45) is 0 Å². The lowest BCUT2D eigenvalue weighted by Gasteiger charge is -2.07. The fraction of sp³-hybridized carbons (Fsp3) is 0.0625. The van der Waals surface area contributed by atoms with Crippen LogP contribution >= 0.6 is 0 Å². The minimum absolute atomic E-state index is 0.383. The summed E-state index contributed by atoms with van der Waals surface area (Å²) in [6.07, 6.45) is 1.68. The van der Waals surface area contributed by atoms with Gasteiger partial charge in [0.15, 0.2) is 0 Å². The van der Waals surface area contributed by atoms with E-state index in [0.29, 0.717) is 17.2 Å². The number of ether oxygens (including phenoxy) is 2. The largest absolute Gasteiger partial charge is 0.465 e. The molecule has 21 heavy (non-hydrogen) atoms. The number of hydrogen-bond donors (Lipinski definition) is 0. The van der Waals surface area contributed by atoms with E-state index in [0.717, 1.165) is 10.8 Å². The molecule has 0 aliphatic rings. The van der Waals surface area contributed by atoms with Crippen molar-refractivity contribution in [2.45, 2.75) is 0 Å². The van der Waals surface area contributed by atoms with Gasteiger partial charge in [-0.25, -0.2) is 4.79 Å². The van der Waals surface area contributed by atoms with Gasteiger partial charge in [-0.05, 0) is 30.3 Å². The molecule has 0 atom stereocenters. The first-order chi connectivity index (χ1) is 10.3. The Morgan fingerprint density at radius 3 is 2.57 bits per heavy atom. The van der Waals surface area contributed by atoms with Crippen molar-refractivity contribution in [3.63, 3.8) is 0 Å². The van der Waals surface area contributed by atoms with Crippen LogP contribution < -0.4 is 4.74 Å². The van der Waals surface area contributed by atoms with Crippen molar-refractivity contribution >= 4 is 16.7 Å². The van der Waals surface area contributed by atoms with Gasteiger partial charge >= 0.3 is 5.97 Å². The third-order valence-electron chi connectivity index (χ3n) is 3.03. The van der Waals surface area contributed by atoms with E-state index in [-0.39, 0.29) is 5.97 Å². The third kappa shape index (κ3) is 2.67. The van der Waals surface area contributed by atoms with Gasteiger partial charge < -0.3 is 9.47 Å². The van der Waals surface area contributed by atoms with E-state index in [1.165, 1.54) is 7.11 Å². The number of fused-ring (bicyclic) bond motifs is 1. The zero-order valence-corrected chi connectivity index (χ0v) is 11.3. The average Bonchev–Trinajstić information content (AvgIpc) is 2.55. The number of esters is 1. The molecule has 0 fully saturated rings. The predicted octanol–water partition coefficient (Wildman–Crippen LogP) is 3.21. The van der Waals surface area contributed by atoms with Crippen LogP contribution in [0.4, 0.5) is 0 Å². The van der Waals surface area contributed by atoms with Gasteiger partial charge in [0.05, 0.1) is 18.9 Å². The SMILES string of the molecule is COC(=O)c1ccc(Oc2nncc3ccccc23)cc1. The molecule has 2 aromatic carbocycles. The maximum atomic E-state index is 11.4. The molecule has 0 N–H and O–H groups in total. The topological polar surface area (TPSA) is 61.3 Å². The van der Waals surface area contributed by atoms with Crippen LogP contribution in [0, 0.1) is 0 Å². The number of carbonyl (C=O) groups excluding carboxylic acids is 1. The lowest BCUT2D eigenvalue weighted by atomic mass is 10.2. The molecule has 0 unspecified atom stereocenters. The van der Waals surface area contributed by atoms with E-state index in [1.54, 1.807) is 30.5 Å². The maximum Gasteiger partial charge on any atom is 0.337 e. The summed E-state index contributed by atoms with van der Waals surface area (Å²) < 4.78 is 10.4. The summed E-state index contributed by atoms with van der Waals surface area (Å²) in [5, 5.41) is 9.76. The summed E-state index contributed by atoms with van der Waals surface area (Å²) in [7, 11) is 1.35. The van der Waals surface area contributed by atoms with E-state index >= 15 is 0 Å². The molecular weight excluding hydrogens is 268 g/mol. The molecule has 104 valence electrons. The van der Waals surface area contributed by atoms with Crippen LogP contribution in [0.5, 0.6) is 11.6 Å². The Morgan fingerprint density at radius 1 is 1.05 bits per heavy atom. The van der Waals surface area contributed by atoms with Gasteiger partial charge in [0.25, 0.3) is 0 Å². The summed E-state index contributed by atoms with van der Waals surface area (Å²) in [4.78, 5) is 11.4. The van der Waals surface area contributed by atoms with Gasteiger partial charge in [-0.15, -0.1) is 5.10 Å². The van der Waals surface area contributed by atoms with Crippen LogP contribution in [0.1, 0.15) is 10.4 Å². The second-order valence-corrected chi connectivity index (χ2v) is 4.35. The number of methoxy groups -OCH3 is 1. The quantitative estimate of drug-likeness (QED) is 0.689. The molecule has 0 amide bonds. The number of aromatic nitrogens is 2. The van der Waals surface area contributed by atoms with E-state index < -0.39 is 0 Å². The summed E-state index contributed by atoms with van der Waals surface area (Å²) in [6.45, 7) is 0. The van der Waals surface area contributed by atoms with Gasteiger partial charge in [0.2, 0.25) is 5.88 Å². The Hall–Kier alpha value is -2.95. The van der Waals surface area contributed by atoms with Crippen LogP contribution in [0.25, 0.3) is 10.8 Å². The first-order valence-electron chi connectivity index (χ1n) is 6.34. The lowest BCUT2D eigenvalue weighted by molar-refractivity contribution is 0.0600. The monoisotopic (exact) mass is 280 g/mol. The van der Waals surface area contributed by atoms with E-state index in [1.807, 2.05) is 24.3 Å². The average molecular weight is 280 g/mol. The minimum atomic E-state index is -0.383. The van der Waals surface area contributed by atoms with Crippen molar-refractivity contribution in [3.8, 4) is 11.6 Å². The molecule has 5 nitrogen and oxygen atoms in total. The van der Waals surface area contributed by atoms with Crippen LogP contribution in [0.15, 0.2) is 54.7 Å². The van der Waals surface area contributed by atoms with Crippen molar-refractivity contribution in [2.75, 3.05) is 7.11 Å². The predicted molar refractivity (Wildman–Crippen MR) is 77.4 cm³/mol. The summed E-state index contributed by atoms with van der Waals surface area (Å²) in [5.41, 5.74) is 0.467. The highest BCUT2D eigenvalue weighted by Gasteiger charge is 2.08. The Balaban J connectivity index is 1.90. The zero-order valence-electron chi connectivity index (χ0n) is 11.3. The second kappa shape index (κ2) is 5.58. The van der Waals surface area contributed by atoms with Gasteiger partial charge in [0.1, 0.15) is 5.75 Å². The van der Waals surface area contributed by atoms with E-state index in [2.05, 4.69) is 14.9 Å². The minimum Gasteiger partial charge on any atom is -0.465 e. The highest BCUT2D eigenvalue weighted by Crippen LogP contribution is 2.26. The Morgan fingerprint density at radius 2 is 1.81 bits per heavy atom. The summed E-state index contributed by atoms with van der Waals surface area (Å²) in [5.74, 6) is 0.624. The second-order valence-electron chi connectivity index (χ2n) is 4.35. The lowest BCUT2D eigenvalue weighted by Crippen LogP contribution is -2.00. The fourth-order valence-electron chi connectivity index (χ4n) is 1.97. The van der Waals surface area contributed by atoms with Gasteiger partial charge in [0, 0.05) is 10.8 Å². The number of benzene rings is 2. The van der Waals surface area contributed by atoms with Crippen molar-refractivity contribution in [3.05, 3.63) is 60.3 Å². The highest BCUT2D eigenvalue weighted by atomic mass is 16.5. The van der Waals surface area contributed by atoms with Gasteiger partial charge in [-0.3, -0.25) is 0 Å². The molecule has 0 aliphatic carbocycles. The maximum absolute atomic E-state index is 11.4. The van der Waals surface area contributed by atoms with Crippen LogP contribution in [0.2, 0.25) is 0 Å². The summed E-state index contributed by atoms with van der Waals surface area (Å²) >= 11 is 0. The molecule has 0 radical (unpaired) electrons. The Bertz CT molecular complexity index is 780. The Labute approximate surface area is 121 Å². The molecule has 0 saturated carbocycles. The normalized spacial score (nSPS) is 10.3. The molecule has 5 heteroatoms. The fourth-order valence-corrected chi connectivity index (χ4v) is 1.97. The zero-order chi connectivity index (χ0) is 14.7. The van der Waals surface area contributed by atoms with Gasteiger partial charge in [-0.2, -0.15) is 5.10 Å². The van der Waals surface area contributed by atoms with Crippen molar-refractivity contribution in [1.82, 2.24) is 10.2 Å². The summed E-state index contributed by atoms with van der Waals surface area (Å²) in [6, 6.07) is 14.4. The molecule has 0 spiro atoms. The van der Waals surface area contributed by atoms with Crippen LogP contribution in [0.3, 0.4) is 0 Å². The molecule has 3 rings (SSSR count). The number of nitrogens with zero attached hydrogens (tertiary/aromatic N) is 2. The molecule has 1 heterocycles. The number of carbonyl (C=O) groups is 1. The van der Waals surface area contributed by atoms with Crippen molar-refractivity contribution < 1.29 is 14.3 Å². The molecular formula is C16H12N2O3.